The molecule has 0 aromatic rings. The summed E-state index contributed by atoms with van der Waals surface area (Å²) in [6.45, 7) is 1.80. The van der Waals surface area contributed by atoms with E-state index in [1.165, 1.54) is 17.1 Å². The second-order valence-corrected chi connectivity index (χ2v) is 4.49. The fraction of sp³-hybridized carbons (Fsp3) is 0.467. The van der Waals surface area contributed by atoms with Crippen LogP contribution in [0, 0.1) is 12.3 Å². The molecule has 0 bridgehead atoms. The number of hydrogen-bond donors (Lipinski definition) is 2. The Bertz CT molecular complexity index is 475. The van der Waals surface area contributed by atoms with Gasteiger partial charge in [-0.3, -0.25) is 24.5 Å². The Balaban J connectivity index is 0.000000518. The number of carboxylic acids is 1. The number of hydrogen-bond acceptors (Lipinski definition) is 4. The molecule has 1 aliphatic rings. The molecule has 0 radical (unpaired) electrons. The van der Waals surface area contributed by atoms with E-state index in [9.17, 15) is 19.2 Å². The lowest BCUT2D eigenvalue weighted by Crippen LogP contribution is -2.35. The number of nitrogens with zero attached hydrogens (tertiary/aromatic N) is 1. The molecule has 0 saturated heterocycles. The van der Waals surface area contributed by atoms with Crippen molar-refractivity contribution in [2.75, 3.05) is 13.1 Å². The van der Waals surface area contributed by atoms with Crippen LogP contribution in [0.1, 0.15) is 32.6 Å². The molecule has 0 saturated carbocycles. The van der Waals surface area contributed by atoms with E-state index in [1.807, 2.05) is 12.2 Å². The van der Waals surface area contributed by atoms with Crippen molar-refractivity contribution >= 4 is 23.7 Å². The lowest BCUT2D eigenvalue weighted by molar-refractivity contribution is -0.144. The van der Waals surface area contributed by atoms with Gasteiger partial charge in [-0.25, -0.2) is 0 Å². The highest BCUT2D eigenvalue weighted by Gasteiger charge is 2.14. The summed E-state index contributed by atoms with van der Waals surface area (Å²) >= 11 is 0. The number of unbranched alkanes of at least 4 members (excludes halogenated alkanes) is 2. The lowest BCUT2D eigenvalue weighted by Gasteiger charge is -2.17. The van der Waals surface area contributed by atoms with E-state index in [2.05, 4.69) is 5.92 Å². The van der Waals surface area contributed by atoms with E-state index in [1.54, 1.807) is 0 Å². The standard InChI is InChI=1S/C11H17NO3.C4H3NO2/c1-3-5-6-7-10(13)12(8-4-2)9-11(14)15;6-3-1-2-4(7)5-3/h2H,3,5-9H2,1H3,(H,14,15);1-2H,(H,5,6,7). The molecule has 7 nitrogen and oxygen atoms in total. The highest BCUT2D eigenvalue weighted by molar-refractivity contribution is 6.12. The van der Waals surface area contributed by atoms with Crippen LogP contribution in [0.25, 0.3) is 0 Å². The highest BCUT2D eigenvalue weighted by atomic mass is 16.4. The molecular weight excluding hydrogens is 288 g/mol. The first kappa shape index (κ1) is 19.4. The van der Waals surface area contributed by atoms with Crippen molar-refractivity contribution in [2.45, 2.75) is 32.6 Å². The van der Waals surface area contributed by atoms with Crippen molar-refractivity contribution in [1.82, 2.24) is 10.2 Å². The van der Waals surface area contributed by atoms with Gasteiger partial charge in [-0.05, 0) is 6.42 Å². The van der Waals surface area contributed by atoms with Crippen LogP contribution in [0.3, 0.4) is 0 Å². The first-order chi connectivity index (χ1) is 10.4. The van der Waals surface area contributed by atoms with Gasteiger partial charge in [0.1, 0.15) is 6.54 Å². The van der Waals surface area contributed by atoms with Crippen LogP contribution in [-0.2, 0) is 19.2 Å². The van der Waals surface area contributed by atoms with Crippen molar-refractivity contribution in [3.63, 3.8) is 0 Å². The Hall–Kier alpha value is -2.62. The normalized spacial score (nSPS) is 12.0. The van der Waals surface area contributed by atoms with E-state index in [0.717, 1.165) is 19.3 Å². The van der Waals surface area contributed by atoms with Crippen LogP contribution in [0.15, 0.2) is 12.2 Å². The highest BCUT2D eigenvalue weighted by Crippen LogP contribution is 2.02. The molecule has 0 aliphatic carbocycles. The van der Waals surface area contributed by atoms with Gasteiger partial charge in [-0.1, -0.05) is 25.7 Å². The van der Waals surface area contributed by atoms with Gasteiger partial charge in [0.2, 0.25) is 5.91 Å². The number of rotatable bonds is 7. The summed E-state index contributed by atoms with van der Waals surface area (Å²) < 4.78 is 0. The van der Waals surface area contributed by atoms with Gasteiger partial charge in [0.15, 0.2) is 0 Å². The van der Waals surface area contributed by atoms with Gasteiger partial charge in [0.05, 0.1) is 6.54 Å². The number of carbonyl (C=O) groups excluding carboxylic acids is 3. The Morgan fingerprint density at radius 1 is 1.27 bits per heavy atom. The minimum absolute atomic E-state index is 0.0667. The van der Waals surface area contributed by atoms with Gasteiger partial charge < -0.3 is 10.0 Å². The zero-order chi connectivity index (χ0) is 17.0. The second-order valence-electron chi connectivity index (χ2n) is 4.49. The van der Waals surface area contributed by atoms with E-state index in [-0.39, 0.29) is 30.8 Å². The molecule has 1 aliphatic heterocycles. The summed E-state index contributed by atoms with van der Waals surface area (Å²) in [4.78, 5) is 43.2. The zero-order valence-corrected chi connectivity index (χ0v) is 12.5. The van der Waals surface area contributed by atoms with Crippen LogP contribution in [0.4, 0.5) is 0 Å². The first-order valence-electron chi connectivity index (χ1n) is 6.86. The van der Waals surface area contributed by atoms with Crippen LogP contribution in [0.5, 0.6) is 0 Å². The van der Waals surface area contributed by atoms with Crippen molar-refractivity contribution in [1.29, 1.82) is 0 Å². The SMILES string of the molecule is C#CCN(CC(=O)O)C(=O)CCCCC.O=C1C=CC(=O)N1. The predicted octanol–water partition coefficient (Wildman–Crippen LogP) is 0.312. The molecule has 0 unspecified atom stereocenters. The third-order valence-electron chi connectivity index (χ3n) is 2.59. The van der Waals surface area contributed by atoms with E-state index >= 15 is 0 Å². The summed E-state index contributed by atoms with van der Waals surface area (Å²) in [6, 6.07) is 0. The fourth-order valence-corrected chi connectivity index (χ4v) is 1.55. The molecule has 1 rings (SSSR count). The summed E-state index contributed by atoms with van der Waals surface area (Å²) in [7, 11) is 0. The first-order valence-corrected chi connectivity index (χ1v) is 6.86. The second kappa shape index (κ2) is 11.1. The predicted molar refractivity (Wildman–Crippen MR) is 79.5 cm³/mol. The molecule has 7 heteroatoms. The Morgan fingerprint density at radius 2 is 1.86 bits per heavy atom. The monoisotopic (exact) mass is 308 g/mol. The molecule has 3 amide bonds. The van der Waals surface area contributed by atoms with Crippen LogP contribution < -0.4 is 5.32 Å². The van der Waals surface area contributed by atoms with Crippen LogP contribution in [-0.4, -0.2) is 46.8 Å². The quantitative estimate of drug-likeness (QED) is 0.400. The van der Waals surface area contributed by atoms with Gasteiger partial charge in [0, 0.05) is 18.6 Å². The van der Waals surface area contributed by atoms with Gasteiger partial charge in [-0.2, -0.15) is 0 Å². The minimum atomic E-state index is -1.03. The van der Waals surface area contributed by atoms with Gasteiger partial charge >= 0.3 is 5.97 Å². The summed E-state index contributed by atoms with van der Waals surface area (Å²) in [5.74, 6) is 0.419. The third-order valence-corrected chi connectivity index (χ3v) is 2.59. The van der Waals surface area contributed by atoms with Crippen molar-refractivity contribution in [3.05, 3.63) is 12.2 Å². The number of imide groups is 1. The third kappa shape index (κ3) is 9.31. The number of terminal acetylenes is 1. The molecule has 0 fully saturated rings. The zero-order valence-electron chi connectivity index (χ0n) is 12.5. The number of carboxylic acid groups (broad SMARTS) is 1. The van der Waals surface area contributed by atoms with Gasteiger partial charge in [-0.15, -0.1) is 6.42 Å². The van der Waals surface area contributed by atoms with E-state index in [0.29, 0.717) is 6.42 Å². The number of nitrogens with one attached hydrogen (secondary N) is 1. The largest absolute Gasteiger partial charge is 0.480 e. The van der Waals surface area contributed by atoms with E-state index < -0.39 is 5.97 Å². The number of carbonyl (C=O) groups is 4. The number of amides is 3. The maximum absolute atomic E-state index is 11.5. The summed E-state index contributed by atoms with van der Waals surface area (Å²) in [5.41, 5.74) is 0. The van der Waals surface area contributed by atoms with Crippen LogP contribution in [0.2, 0.25) is 0 Å². The molecule has 0 aromatic carbocycles. The molecule has 2 N–H and O–H groups in total. The summed E-state index contributed by atoms with van der Waals surface area (Å²) in [6.07, 6.45) is 10.6. The average Bonchev–Trinajstić information content (AvgIpc) is 2.82. The van der Waals surface area contributed by atoms with Crippen LogP contribution >= 0.6 is 0 Å². The topological polar surface area (TPSA) is 104 Å². The molecule has 0 spiro atoms. The summed E-state index contributed by atoms with van der Waals surface area (Å²) in [5, 5.41) is 10.6. The smallest absolute Gasteiger partial charge is 0.323 e. The molecule has 120 valence electrons. The number of aliphatic carboxylic acids is 1. The Morgan fingerprint density at radius 3 is 2.23 bits per heavy atom. The van der Waals surface area contributed by atoms with E-state index in [4.69, 9.17) is 11.5 Å². The van der Waals surface area contributed by atoms with Crippen molar-refractivity contribution in [3.8, 4) is 12.3 Å². The average molecular weight is 308 g/mol. The van der Waals surface area contributed by atoms with Crippen molar-refractivity contribution < 1.29 is 24.3 Å². The lowest BCUT2D eigenvalue weighted by atomic mass is 10.2. The minimum Gasteiger partial charge on any atom is -0.480 e. The maximum atomic E-state index is 11.5. The molecule has 0 atom stereocenters. The fourth-order valence-electron chi connectivity index (χ4n) is 1.55. The maximum Gasteiger partial charge on any atom is 0.323 e. The molecule has 22 heavy (non-hydrogen) atoms. The Kier molecular flexibility index (Phi) is 9.76. The molecule has 1 heterocycles. The molecule has 0 aromatic heterocycles. The molecular formula is C15H20N2O5. The van der Waals surface area contributed by atoms with Gasteiger partial charge in [0.25, 0.3) is 11.8 Å². The van der Waals surface area contributed by atoms with Crippen molar-refractivity contribution in [2.24, 2.45) is 0 Å². The Labute approximate surface area is 129 Å².